The summed E-state index contributed by atoms with van der Waals surface area (Å²) in [5.74, 6) is 2.13. The van der Waals surface area contributed by atoms with E-state index in [4.69, 9.17) is 0 Å². The Kier molecular flexibility index (Phi) is 5.33. The van der Waals surface area contributed by atoms with Crippen LogP contribution in [0.1, 0.15) is 25.6 Å². The Morgan fingerprint density at radius 3 is 2.35 bits per heavy atom. The van der Waals surface area contributed by atoms with E-state index in [1.807, 2.05) is 17.3 Å². The van der Waals surface area contributed by atoms with Gasteiger partial charge in [-0.05, 0) is 18.8 Å². The van der Waals surface area contributed by atoms with Gasteiger partial charge in [-0.25, -0.2) is 4.98 Å². The first-order valence-corrected chi connectivity index (χ1v) is 8.78. The van der Waals surface area contributed by atoms with E-state index in [1.54, 1.807) is 6.92 Å². The predicted octanol–water partition coefficient (Wildman–Crippen LogP) is 0.796. The number of rotatable bonds is 4. The van der Waals surface area contributed by atoms with E-state index in [0.717, 1.165) is 70.4 Å². The molecule has 1 aromatic heterocycles. The van der Waals surface area contributed by atoms with Gasteiger partial charge in [-0.1, -0.05) is 0 Å². The lowest BCUT2D eigenvalue weighted by Crippen LogP contribution is -2.48. The van der Waals surface area contributed by atoms with Crippen molar-refractivity contribution in [3.63, 3.8) is 0 Å². The van der Waals surface area contributed by atoms with Crippen molar-refractivity contribution >= 4 is 5.91 Å². The number of amides is 1. The third kappa shape index (κ3) is 4.32. The van der Waals surface area contributed by atoms with Gasteiger partial charge in [-0.2, -0.15) is 0 Å². The second-order valence-electron chi connectivity index (χ2n) is 6.98. The molecule has 1 amide bonds. The predicted molar refractivity (Wildman–Crippen MR) is 89.9 cm³/mol. The first-order valence-electron chi connectivity index (χ1n) is 8.78. The summed E-state index contributed by atoms with van der Waals surface area (Å²) in [6.45, 7) is 10.3. The molecule has 2 saturated heterocycles. The Hall–Kier alpha value is -1.40. The maximum Gasteiger partial charge on any atom is 0.219 e. The molecule has 0 N–H and O–H groups in total. The summed E-state index contributed by atoms with van der Waals surface area (Å²) in [6.07, 6.45) is 6.21. The molecule has 1 aromatic rings. The van der Waals surface area contributed by atoms with Crippen LogP contribution in [0, 0.1) is 5.92 Å². The highest BCUT2D eigenvalue weighted by atomic mass is 16.2. The fourth-order valence-corrected chi connectivity index (χ4v) is 3.67. The zero-order chi connectivity index (χ0) is 16.2. The molecule has 23 heavy (non-hydrogen) atoms. The normalized spacial score (nSPS) is 21.7. The van der Waals surface area contributed by atoms with Gasteiger partial charge in [-0.3, -0.25) is 9.69 Å². The molecular formula is C17H29N5O. The fraction of sp³-hybridized carbons (Fsp3) is 0.765. The topological polar surface area (TPSA) is 44.6 Å². The Morgan fingerprint density at radius 1 is 1.13 bits per heavy atom. The number of nitrogens with zero attached hydrogens (tertiary/aromatic N) is 5. The standard InChI is InChI=1S/C17H29N5O/c1-15(23)22-6-3-16(4-7-22)13-20-9-11-21(12-10-20)14-17-18-5-8-19(17)2/h5,8,16H,3-4,6-7,9-14H2,1-2H3. The molecule has 6 heteroatoms. The van der Waals surface area contributed by atoms with Crippen LogP contribution in [-0.2, 0) is 18.4 Å². The van der Waals surface area contributed by atoms with Crippen LogP contribution in [0.5, 0.6) is 0 Å². The number of hydrogen-bond donors (Lipinski definition) is 0. The number of likely N-dealkylation sites (tertiary alicyclic amines) is 1. The number of aryl methyl sites for hydroxylation is 1. The van der Waals surface area contributed by atoms with Gasteiger partial charge in [-0.15, -0.1) is 0 Å². The summed E-state index contributed by atoms with van der Waals surface area (Å²) in [5, 5.41) is 0. The van der Waals surface area contributed by atoms with Gasteiger partial charge in [0.05, 0.1) is 6.54 Å². The molecule has 128 valence electrons. The van der Waals surface area contributed by atoms with Crippen molar-refractivity contribution in [1.29, 1.82) is 0 Å². The fourth-order valence-electron chi connectivity index (χ4n) is 3.67. The molecule has 0 spiro atoms. The van der Waals surface area contributed by atoms with Crippen molar-refractivity contribution < 1.29 is 4.79 Å². The lowest BCUT2D eigenvalue weighted by atomic mass is 9.96. The number of carbonyl (C=O) groups is 1. The summed E-state index contributed by atoms with van der Waals surface area (Å²) < 4.78 is 2.11. The molecule has 0 bridgehead atoms. The minimum absolute atomic E-state index is 0.228. The molecule has 3 rings (SSSR count). The number of imidazole rings is 1. The van der Waals surface area contributed by atoms with E-state index in [2.05, 4.69) is 26.4 Å². The largest absolute Gasteiger partial charge is 0.343 e. The van der Waals surface area contributed by atoms with Gasteiger partial charge in [0.15, 0.2) is 0 Å². The maximum atomic E-state index is 11.4. The van der Waals surface area contributed by atoms with Crippen LogP contribution < -0.4 is 0 Å². The molecular weight excluding hydrogens is 290 g/mol. The molecule has 3 heterocycles. The van der Waals surface area contributed by atoms with Crippen LogP contribution in [-0.4, -0.2) is 76.0 Å². The summed E-state index contributed by atoms with van der Waals surface area (Å²) in [7, 11) is 2.06. The monoisotopic (exact) mass is 319 g/mol. The molecule has 0 saturated carbocycles. The second kappa shape index (κ2) is 7.45. The van der Waals surface area contributed by atoms with Crippen molar-refractivity contribution in [3.8, 4) is 0 Å². The quantitative estimate of drug-likeness (QED) is 0.823. The van der Waals surface area contributed by atoms with E-state index < -0.39 is 0 Å². The highest BCUT2D eigenvalue weighted by molar-refractivity contribution is 5.73. The van der Waals surface area contributed by atoms with Gasteiger partial charge >= 0.3 is 0 Å². The number of piperazine rings is 1. The molecule has 0 unspecified atom stereocenters. The Bertz CT molecular complexity index is 513. The Morgan fingerprint density at radius 2 is 1.78 bits per heavy atom. The molecule has 0 atom stereocenters. The molecule has 2 fully saturated rings. The lowest BCUT2D eigenvalue weighted by molar-refractivity contribution is -0.130. The van der Waals surface area contributed by atoms with Gasteiger partial charge in [0, 0.05) is 72.2 Å². The van der Waals surface area contributed by atoms with E-state index in [0.29, 0.717) is 0 Å². The summed E-state index contributed by atoms with van der Waals surface area (Å²) in [6, 6.07) is 0. The van der Waals surface area contributed by atoms with E-state index in [1.165, 1.54) is 6.54 Å². The van der Waals surface area contributed by atoms with Crippen molar-refractivity contribution in [3.05, 3.63) is 18.2 Å². The minimum atomic E-state index is 0.228. The summed E-state index contributed by atoms with van der Waals surface area (Å²) in [5.41, 5.74) is 0. The summed E-state index contributed by atoms with van der Waals surface area (Å²) >= 11 is 0. The molecule has 2 aliphatic heterocycles. The highest BCUT2D eigenvalue weighted by Gasteiger charge is 2.24. The van der Waals surface area contributed by atoms with E-state index in [9.17, 15) is 4.79 Å². The first-order chi connectivity index (χ1) is 11.1. The van der Waals surface area contributed by atoms with Crippen molar-refractivity contribution in [1.82, 2.24) is 24.3 Å². The lowest BCUT2D eigenvalue weighted by Gasteiger charge is -2.38. The van der Waals surface area contributed by atoms with Crippen molar-refractivity contribution in [2.75, 3.05) is 45.8 Å². The van der Waals surface area contributed by atoms with Crippen LogP contribution in [0.15, 0.2) is 12.4 Å². The third-order valence-corrected chi connectivity index (χ3v) is 5.33. The highest BCUT2D eigenvalue weighted by Crippen LogP contribution is 2.19. The van der Waals surface area contributed by atoms with Crippen LogP contribution in [0.3, 0.4) is 0 Å². The second-order valence-corrected chi connectivity index (χ2v) is 6.98. The van der Waals surface area contributed by atoms with Crippen molar-refractivity contribution in [2.45, 2.75) is 26.3 Å². The average molecular weight is 319 g/mol. The SMILES string of the molecule is CC(=O)N1CCC(CN2CCN(Cc3nccn3C)CC2)CC1. The van der Waals surface area contributed by atoms with Crippen molar-refractivity contribution in [2.24, 2.45) is 13.0 Å². The maximum absolute atomic E-state index is 11.4. The van der Waals surface area contributed by atoms with Gasteiger partial charge in [0.25, 0.3) is 0 Å². The van der Waals surface area contributed by atoms with Crippen LogP contribution in [0.25, 0.3) is 0 Å². The molecule has 0 aliphatic carbocycles. The van der Waals surface area contributed by atoms with Crippen LogP contribution >= 0.6 is 0 Å². The molecule has 2 aliphatic rings. The van der Waals surface area contributed by atoms with E-state index >= 15 is 0 Å². The van der Waals surface area contributed by atoms with E-state index in [-0.39, 0.29) is 5.91 Å². The first kappa shape index (κ1) is 16.5. The number of piperidine rings is 1. The Labute approximate surface area is 139 Å². The molecule has 0 aromatic carbocycles. The average Bonchev–Trinajstić information content (AvgIpc) is 2.95. The molecule has 0 radical (unpaired) electrons. The van der Waals surface area contributed by atoms with Gasteiger partial charge in [0.1, 0.15) is 5.82 Å². The van der Waals surface area contributed by atoms with Gasteiger partial charge < -0.3 is 14.4 Å². The smallest absolute Gasteiger partial charge is 0.219 e. The zero-order valence-electron chi connectivity index (χ0n) is 14.4. The third-order valence-electron chi connectivity index (χ3n) is 5.33. The zero-order valence-corrected chi connectivity index (χ0v) is 14.4. The van der Waals surface area contributed by atoms with Crippen LogP contribution in [0.2, 0.25) is 0 Å². The van der Waals surface area contributed by atoms with Gasteiger partial charge in [0.2, 0.25) is 5.91 Å². The minimum Gasteiger partial charge on any atom is -0.343 e. The number of carbonyl (C=O) groups excluding carboxylic acids is 1. The summed E-state index contributed by atoms with van der Waals surface area (Å²) in [4.78, 5) is 22.9. The van der Waals surface area contributed by atoms with Crippen LogP contribution in [0.4, 0.5) is 0 Å². The number of hydrogen-bond acceptors (Lipinski definition) is 4. The molecule has 6 nitrogen and oxygen atoms in total. The number of aromatic nitrogens is 2. The Balaban J connectivity index is 1.38.